The maximum absolute atomic E-state index is 11.3. The van der Waals surface area contributed by atoms with Crippen LogP contribution in [0.3, 0.4) is 0 Å². The summed E-state index contributed by atoms with van der Waals surface area (Å²) in [7, 11) is 0. The van der Waals surface area contributed by atoms with Gasteiger partial charge in [0.15, 0.2) is 0 Å². The van der Waals surface area contributed by atoms with Gasteiger partial charge in [-0.25, -0.2) is 4.79 Å². The highest BCUT2D eigenvalue weighted by molar-refractivity contribution is 6.31. The predicted molar refractivity (Wildman–Crippen MR) is 77.3 cm³/mol. The summed E-state index contributed by atoms with van der Waals surface area (Å²) in [5, 5.41) is 9.73. The van der Waals surface area contributed by atoms with Gasteiger partial charge in [-0.05, 0) is 32.0 Å². The molecule has 5 heteroatoms. The maximum Gasteiger partial charge on any atom is 0.337 e. The number of nitrogens with zero attached hydrogens (tertiary/aromatic N) is 2. The van der Waals surface area contributed by atoms with Crippen LogP contribution in [0.1, 0.15) is 24.2 Å². The molecule has 2 rings (SSSR count). The summed E-state index contributed by atoms with van der Waals surface area (Å²) >= 11 is 5.87. The Morgan fingerprint density at radius 3 is 2.42 bits per heavy atom. The Labute approximate surface area is 118 Å². The minimum atomic E-state index is -0.927. The van der Waals surface area contributed by atoms with Crippen molar-refractivity contribution in [2.24, 2.45) is 0 Å². The summed E-state index contributed by atoms with van der Waals surface area (Å²) in [4.78, 5) is 15.8. The van der Waals surface area contributed by atoms with Gasteiger partial charge in [0.05, 0.1) is 11.3 Å². The summed E-state index contributed by atoms with van der Waals surface area (Å²) in [6, 6.07) is 5.61. The smallest absolute Gasteiger partial charge is 0.337 e. The zero-order chi connectivity index (χ0) is 14.0. The summed E-state index contributed by atoms with van der Waals surface area (Å²) < 4.78 is 0. The van der Waals surface area contributed by atoms with E-state index >= 15 is 0 Å². The Bertz CT molecular complexity index is 469. The van der Waals surface area contributed by atoms with Crippen LogP contribution in [0.2, 0.25) is 5.02 Å². The van der Waals surface area contributed by atoms with E-state index in [1.807, 2.05) is 0 Å². The van der Waals surface area contributed by atoms with Crippen molar-refractivity contribution in [3.8, 4) is 0 Å². The fourth-order valence-corrected chi connectivity index (χ4v) is 2.61. The van der Waals surface area contributed by atoms with E-state index in [1.165, 1.54) is 6.07 Å². The Morgan fingerprint density at radius 1 is 1.26 bits per heavy atom. The summed E-state index contributed by atoms with van der Waals surface area (Å²) in [5.41, 5.74) is 1.05. The van der Waals surface area contributed by atoms with Gasteiger partial charge in [0.2, 0.25) is 0 Å². The number of carbonyl (C=O) groups is 1. The SMILES string of the molecule is CC(C)N1CCN(c2ccc(Cl)cc2C(=O)O)CC1. The topological polar surface area (TPSA) is 43.8 Å². The third-order valence-corrected chi connectivity index (χ3v) is 3.81. The lowest BCUT2D eigenvalue weighted by Gasteiger charge is -2.38. The van der Waals surface area contributed by atoms with Crippen molar-refractivity contribution in [3.05, 3.63) is 28.8 Å². The van der Waals surface area contributed by atoms with Gasteiger partial charge in [0.25, 0.3) is 0 Å². The van der Waals surface area contributed by atoms with Crippen LogP contribution >= 0.6 is 11.6 Å². The molecule has 0 aliphatic carbocycles. The number of carboxylic acid groups (broad SMARTS) is 1. The highest BCUT2D eigenvalue weighted by Crippen LogP contribution is 2.25. The molecule has 104 valence electrons. The quantitative estimate of drug-likeness (QED) is 0.925. The molecule has 1 aliphatic rings. The first-order chi connectivity index (χ1) is 8.99. The van der Waals surface area contributed by atoms with Gasteiger partial charge in [-0.3, -0.25) is 4.90 Å². The van der Waals surface area contributed by atoms with Gasteiger partial charge >= 0.3 is 5.97 Å². The third kappa shape index (κ3) is 3.19. The molecule has 1 aliphatic heterocycles. The average Bonchev–Trinajstić information content (AvgIpc) is 2.38. The lowest BCUT2D eigenvalue weighted by Crippen LogP contribution is -2.49. The van der Waals surface area contributed by atoms with E-state index in [9.17, 15) is 9.90 Å². The van der Waals surface area contributed by atoms with Crippen molar-refractivity contribution in [1.82, 2.24) is 4.90 Å². The summed E-state index contributed by atoms with van der Waals surface area (Å²) in [5.74, 6) is -0.927. The molecule has 0 saturated carbocycles. The number of carboxylic acids is 1. The molecule has 19 heavy (non-hydrogen) atoms. The first-order valence-electron chi connectivity index (χ1n) is 6.51. The Balaban J connectivity index is 2.17. The van der Waals surface area contributed by atoms with Gasteiger partial charge in [-0.2, -0.15) is 0 Å². The summed E-state index contributed by atoms with van der Waals surface area (Å²) in [6.45, 7) is 7.97. The Kier molecular flexibility index (Phi) is 4.32. The third-order valence-electron chi connectivity index (χ3n) is 3.57. The molecule has 1 heterocycles. The molecule has 1 aromatic rings. The highest BCUT2D eigenvalue weighted by atomic mass is 35.5. The molecule has 0 radical (unpaired) electrons. The highest BCUT2D eigenvalue weighted by Gasteiger charge is 2.22. The molecule has 0 amide bonds. The molecule has 0 aromatic heterocycles. The molecular weight excluding hydrogens is 264 g/mol. The number of hydrogen-bond donors (Lipinski definition) is 1. The second-order valence-electron chi connectivity index (χ2n) is 5.08. The monoisotopic (exact) mass is 282 g/mol. The first-order valence-corrected chi connectivity index (χ1v) is 6.88. The van der Waals surface area contributed by atoms with Crippen LogP contribution in [-0.2, 0) is 0 Å². The van der Waals surface area contributed by atoms with E-state index in [2.05, 4.69) is 23.6 Å². The number of halogens is 1. The van der Waals surface area contributed by atoms with Crippen LogP contribution < -0.4 is 4.90 Å². The molecule has 1 fully saturated rings. The van der Waals surface area contributed by atoms with Crippen molar-refractivity contribution in [1.29, 1.82) is 0 Å². The molecule has 0 bridgehead atoms. The molecule has 0 spiro atoms. The lowest BCUT2D eigenvalue weighted by molar-refractivity contribution is 0.0697. The van der Waals surface area contributed by atoms with Crippen molar-refractivity contribution >= 4 is 23.3 Å². The number of hydrogen-bond acceptors (Lipinski definition) is 3. The van der Waals surface area contributed by atoms with Crippen LogP contribution in [0.5, 0.6) is 0 Å². The maximum atomic E-state index is 11.3. The number of anilines is 1. The predicted octanol–water partition coefficient (Wildman–Crippen LogP) is 2.57. The zero-order valence-corrected chi connectivity index (χ0v) is 12.0. The molecule has 1 aromatic carbocycles. The summed E-state index contributed by atoms with van der Waals surface area (Å²) in [6.07, 6.45) is 0. The van der Waals surface area contributed by atoms with Crippen molar-refractivity contribution in [2.45, 2.75) is 19.9 Å². The van der Waals surface area contributed by atoms with Crippen molar-refractivity contribution in [3.63, 3.8) is 0 Å². The Hall–Kier alpha value is -1.26. The molecule has 1 saturated heterocycles. The minimum absolute atomic E-state index is 0.283. The first kappa shape index (κ1) is 14.2. The second-order valence-corrected chi connectivity index (χ2v) is 5.52. The van der Waals surface area contributed by atoms with Crippen LogP contribution in [0, 0.1) is 0 Å². The Morgan fingerprint density at radius 2 is 1.89 bits per heavy atom. The molecule has 4 nitrogen and oxygen atoms in total. The number of piperazine rings is 1. The van der Waals surface area contributed by atoms with Crippen LogP contribution in [0.4, 0.5) is 5.69 Å². The lowest BCUT2D eigenvalue weighted by atomic mass is 10.1. The minimum Gasteiger partial charge on any atom is -0.478 e. The van der Waals surface area contributed by atoms with E-state index in [1.54, 1.807) is 12.1 Å². The van der Waals surface area contributed by atoms with Crippen LogP contribution in [0.15, 0.2) is 18.2 Å². The van der Waals surface area contributed by atoms with E-state index < -0.39 is 5.97 Å². The van der Waals surface area contributed by atoms with E-state index in [0.717, 1.165) is 31.9 Å². The fourth-order valence-electron chi connectivity index (χ4n) is 2.43. The van der Waals surface area contributed by atoms with Crippen molar-refractivity contribution < 1.29 is 9.90 Å². The van der Waals surface area contributed by atoms with Gasteiger partial charge in [-0.15, -0.1) is 0 Å². The van der Waals surface area contributed by atoms with Crippen molar-refractivity contribution in [2.75, 3.05) is 31.1 Å². The number of rotatable bonds is 3. The molecule has 0 atom stereocenters. The van der Waals surface area contributed by atoms with Crippen LogP contribution in [-0.4, -0.2) is 48.2 Å². The standard InChI is InChI=1S/C14H19ClN2O2/c1-10(2)16-5-7-17(8-6-16)13-4-3-11(15)9-12(13)14(18)19/h3-4,9-10H,5-8H2,1-2H3,(H,18,19). The van der Waals surface area contributed by atoms with Crippen LogP contribution in [0.25, 0.3) is 0 Å². The molecule has 0 unspecified atom stereocenters. The van der Waals surface area contributed by atoms with Gasteiger partial charge < -0.3 is 10.0 Å². The largest absolute Gasteiger partial charge is 0.478 e. The number of aromatic carboxylic acids is 1. The van der Waals surface area contributed by atoms with Gasteiger partial charge in [-0.1, -0.05) is 11.6 Å². The van der Waals surface area contributed by atoms with Gasteiger partial charge in [0, 0.05) is 37.2 Å². The van der Waals surface area contributed by atoms with Gasteiger partial charge in [0.1, 0.15) is 0 Å². The number of benzene rings is 1. The van der Waals surface area contributed by atoms with E-state index in [4.69, 9.17) is 11.6 Å². The average molecular weight is 283 g/mol. The molecular formula is C14H19ClN2O2. The fraction of sp³-hybridized carbons (Fsp3) is 0.500. The van der Waals surface area contributed by atoms with E-state index in [-0.39, 0.29) is 5.56 Å². The second kappa shape index (κ2) is 5.80. The molecule has 1 N–H and O–H groups in total. The zero-order valence-electron chi connectivity index (χ0n) is 11.3. The van der Waals surface area contributed by atoms with E-state index in [0.29, 0.717) is 11.1 Å². The normalized spacial score (nSPS) is 16.9.